The first-order valence-corrected chi connectivity index (χ1v) is 6.50. The Hall–Kier alpha value is -2.20. The highest BCUT2D eigenvalue weighted by molar-refractivity contribution is 5.70. The second-order valence-electron chi connectivity index (χ2n) is 4.91. The second-order valence-corrected chi connectivity index (χ2v) is 4.91. The van der Waals surface area contributed by atoms with Crippen molar-refractivity contribution < 1.29 is 9.90 Å². The number of carboxylic acids is 1. The number of pyridine rings is 1. The molecule has 1 heterocycles. The standard InChI is InChI=1S/C16H18N2O2/c1-18(12-15-6-8-17-9-7-15)11-14-4-2-13(3-5-14)10-16(19)20/h2-9H,10-12H2,1H3,(H,19,20). The summed E-state index contributed by atoms with van der Waals surface area (Å²) in [6.07, 6.45) is 3.67. The third-order valence-corrected chi connectivity index (χ3v) is 3.03. The maximum Gasteiger partial charge on any atom is 0.307 e. The van der Waals surface area contributed by atoms with Gasteiger partial charge in [-0.3, -0.25) is 14.7 Å². The molecule has 0 saturated heterocycles. The zero-order valence-corrected chi connectivity index (χ0v) is 11.5. The van der Waals surface area contributed by atoms with Crippen LogP contribution in [-0.4, -0.2) is 28.0 Å². The van der Waals surface area contributed by atoms with Crippen molar-refractivity contribution in [2.75, 3.05) is 7.05 Å². The summed E-state index contributed by atoms with van der Waals surface area (Å²) in [5, 5.41) is 8.73. The Labute approximate surface area is 118 Å². The molecule has 0 aliphatic carbocycles. The summed E-state index contributed by atoms with van der Waals surface area (Å²) in [6, 6.07) is 11.7. The number of carboxylic acid groups (broad SMARTS) is 1. The molecule has 0 fully saturated rings. The third-order valence-electron chi connectivity index (χ3n) is 3.03. The molecule has 2 rings (SSSR count). The molecule has 0 aliphatic heterocycles. The van der Waals surface area contributed by atoms with Gasteiger partial charge in [-0.15, -0.1) is 0 Å². The average Bonchev–Trinajstić information content (AvgIpc) is 2.41. The van der Waals surface area contributed by atoms with Gasteiger partial charge >= 0.3 is 5.97 Å². The highest BCUT2D eigenvalue weighted by Gasteiger charge is 2.03. The molecule has 0 aliphatic rings. The van der Waals surface area contributed by atoms with Gasteiger partial charge in [0, 0.05) is 25.5 Å². The van der Waals surface area contributed by atoms with E-state index >= 15 is 0 Å². The van der Waals surface area contributed by atoms with Crippen molar-refractivity contribution in [2.24, 2.45) is 0 Å². The average molecular weight is 270 g/mol. The maximum absolute atomic E-state index is 10.6. The van der Waals surface area contributed by atoms with Crippen LogP contribution in [-0.2, 0) is 24.3 Å². The van der Waals surface area contributed by atoms with Crippen LogP contribution in [0.15, 0.2) is 48.8 Å². The number of hydrogen-bond donors (Lipinski definition) is 1. The lowest BCUT2D eigenvalue weighted by Crippen LogP contribution is -2.17. The van der Waals surface area contributed by atoms with Crippen LogP contribution in [0.25, 0.3) is 0 Å². The molecule has 0 unspecified atom stereocenters. The molecule has 2 aromatic rings. The fourth-order valence-corrected chi connectivity index (χ4v) is 2.10. The van der Waals surface area contributed by atoms with Gasteiger partial charge in [0.1, 0.15) is 0 Å². The third kappa shape index (κ3) is 4.48. The van der Waals surface area contributed by atoms with Crippen LogP contribution in [0.4, 0.5) is 0 Å². The largest absolute Gasteiger partial charge is 0.481 e. The van der Waals surface area contributed by atoms with Gasteiger partial charge in [-0.2, -0.15) is 0 Å². The first-order valence-electron chi connectivity index (χ1n) is 6.50. The van der Waals surface area contributed by atoms with Gasteiger partial charge in [0.15, 0.2) is 0 Å². The number of carbonyl (C=O) groups is 1. The molecule has 1 aromatic carbocycles. The molecule has 0 atom stereocenters. The molecular formula is C16H18N2O2. The van der Waals surface area contributed by atoms with E-state index in [4.69, 9.17) is 5.11 Å². The number of hydrogen-bond acceptors (Lipinski definition) is 3. The molecule has 104 valence electrons. The van der Waals surface area contributed by atoms with E-state index in [0.717, 1.165) is 18.7 Å². The molecule has 4 nitrogen and oxygen atoms in total. The fraction of sp³-hybridized carbons (Fsp3) is 0.250. The minimum atomic E-state index is -0.799. The highest BCUT2D eigenvalue weighted by atomic mass is 16.4. The Morgan fingerprint density at radius 2 is 1.50 bits per heavy atom. The van der Waals surface area contributed by atoms with E-state index in [2.05, 4.69) is 16.9 Å². The lowest BCUT2D eigenvalue weighted by atomic mass is 10.1. The molecule has 0 saturated carbocycles. The van der Waals surface area contributed by atoms with Gasteiger partial charge in [-0.25, -0.2) is 0 Å². The molecule has 0 radical (unpaired) electrons. The number of benzene rings is 1. The van der Waals surface area contributed by atoms with Crippen molar-refractivity contribution in [1.29, 1.82) is 0 Å². The molecule has 20 heavy (non-hydrogen) atoms. The van der Waals surface area contributed by atoms with Crippen LogP contribution in [0.3, 0.4) is 0 Å². The van der Waals surface area contributed by atoms with Crippen molar-refractivity contribution in [3.63, 3.8) is 0 Å². The number of nitrogens with zero attached hydrogens (tertiary/aromatic N) is 2. The maximum atomic E-state index is 10.6. The van der Waals surface area contributed by atoms with Crippen molar-refractivity contribution >= 4 is 5.97 Å². The molecule has 0 amide bonds. The van der Waals surface area contributed by atoms with E-state index in [1.807, 2.05) is 36.4 Å². The Morgan fingerprint density at radius 3 is 2.05 bits per heavy atom. The smallest absolute Gasteiger partial charge is 0.307 e. The summed E-state index contributed by atoms with van der Waals surface area (Å²) in [6.45, 7) is 1.69. The van der Waals surface area contributed by atoms with E-state index in [1.165, 1.54) is 11.1 Å². The molecule has 1 aromatic heterocycles. The van der Waals surface area contributed by atoms with Crippen molar-refractivity contribution in [2.45, 2.75) is 19.5 Å². The fourth-order valence-electron chi connectivity index (χ4n) is 2.10. The summed E-state index contributed by atoms with van der Waals surface area (Å²) in [7, 11) is 2.06. The zero-order chi connectivity index (χ0) is 14.4. The Morgan fingerprint density at radius 1 is 1.00 bits per heavy atom. The molecular weight excluding hydrogens is 252 g/mol. The lowest BCUT2D eigenvalue weighted by Gasteiger charge is -2.16. The first-order chi connectivity index (χ1) is 9.63. The van der Waals surface area contributed by atoms with E-state index in [0.29, 0.717) is 0 Å². The van der Waals surface area contributed by atoms with Crippen LogP contribution in [0.5, 0.6) is 0 Å². The summed E-state index contributed by atoms with van der Waals surface area (Å²) in [4.78, 5) is 16.8. The van der Waals surface area contributed by atoms with Crippen LogP contribution in [0.1, 0.15) is 16.7 Å². The van der Waals surface area contributed by atoms with Crippen LogP contribution < -0.4 is 0 Å². The van der Waals surface area contributed by atoms with Gasteiger partial charge in [-0.05, 0) is 35.9 Å². The highest BCUT2D eigenvalue weighted by Crippen LogP contribution is 2.09. The van der Waals surface area contributed by atoms with Crippen LogP contribution in [0.2, 0.25) is 0 Å². The SMILES string of the molecule is CN(Cc1ccncc1)Cc1ccc(CC(=O)O)cc1. The van der Waals surface area contributed by atoms with E-state index < -0.39 is 5.97 Å². The second kappa shape index (κ2) is 6.82. The lowest BCUT2D eigenvalue weighted by molar-refractivity contribution is -0.136. The van der Waals surface area contributed by atoms with Gasteiger partial charge in [-0.1, -0.05) is 24.3 Å². The van der Waals surface area contributed by atoms with Crippen molar-refractivity contribution in [1.82, 2.24) is 9.88 Å². The van der Waals surface area contributed by atoms with Crippen molar-refractivity contribution in [3.8, 4) is 0 Å². The predicted octanol–water partition coefficient (Wildman–Crippen LogP) is 2.34. The molecule has 0 bridgehead atoms. The first kappa shape index (κ1) is 14.2. The monoisotopic (exact) mass is 270 g/mol. The molecule has 0 spiro atoms. The Bertz CT molecular complexity index is 552. The number of aliphatic carboxylic acids is 1. The van der Waals surface area contributed by atoms with Crippen LogP contribution >= 0.6 is 0 Å². The minimum Gasteiger partial charge on any atom is -0.481 e. The number of rotatable bonds is 6. The van der Waals surface area contributed by atoms with Gasteiger partial charge in [0.05, 0.1) is 6.42 Å². The van der Waals surface area contributed by atoms with E-state index in [-0.39, 0.29) is 6.42 Å². The zero-order valence-electron chi connectivity index (χ0n) is 11.5. The summed E-state index contributed by atoms with van der Waals surface area (Å²) < 4.78 is 0. The molecule has 4 heteroatoms. The Balaban J connectivity index is 1.91. The van der Waals surface area contributed by atoms with E-state index in [9.17, 15) is 4.79 Å². The summed E-state index contributed by atoms with van der Waals surface area (Å²) >= 11 is 0. The normalized spacial score (nSPS) is 10.7. The Kier molecular flexibility index (Phi) is 4.85. The minimum absolute atomic E-state index is 0.0765. The predicted molar refractivity (Wildman–Crippen MR) is 77.2 cm³/mol. The van der Waals surface area contributed by atoms with E-state index in [1.54, 1.807) is 12.4 Å². The van der Waals surface area contributed by atoms with Gasteiger partial charge in [0.25, 0.3) is 0 Å². The van der Waals surface area contributed by atoms with Crippen LogP contribution in [0, 0.1) is 0 Å². The summed E-state index contributed by atoms with van der Waals surface area (Å²) in [5.41, 5.74) is 3.23. The topological polar surface area (TPSA) is 53.4 Å². The van der Waals surface area contributed by atoms with Crippen molar-refractivity contribution in [3.05, 3.63) is 65.5 Å². The number of aromatic nitrogens is 1. The summed E-state index contributed by atoms with van der Waals surface area (Å²) in [5.74, 6) is -0.799. The molecule has 1 N–H and O–H groups in total. The van der Waals surface area contributed by atoms with Gasteiger partial charge < -0.3 is 5.11 Å². The van der Waals surface area contributed by atoms with Gasteiger partial charge in [0.2, 0.25) is 0 Å². The quantitative estimate of drug-likeness (QED) is 0.875.